The van der Waals surface area contributed by atoms with Crippen molar-refractivity contribution in [2.45, 2.75) is 12.5 Å². The smallest absolute Gasteiger partial charge is 0.147 e. The van der Waals surface area contributed by atoms with E-state index in [1.807, 2.05) is 11.4 Å². The van der Waals surface area contributed by atoms with Crippen LogP contribution in [0.15, 0.2) is 34.2 Å². The molecule has 2 aromatic rings. The Hall–Kier alpha value is -0.780. The number of aliphatic hydroxyl groups excluding tert-OH is 1. The summed E-state index contributed by atoms with van der Waals surface area (Å²) in [5.41, 5.74) is 0.0998. The Morgan fingerprint density at radius 2 is 2.31 bits per heavy atom. The van der Waals surface area contributed by atoms with Gasteiger partial charge in [-0.15, -0.1) is 11.3 Å². The van der Waals surface area contributed by atoms with E-state index in [1.165, 1.54) is 29.7 Å². The predicted octanol–water partition coefficient (Wildman–Crippen LogP) is 3.32. The molecule has 1 atom stereocenters. The number of nitrogens with zero attached hydrogens (tertiary/aromatic N) is 1. The molecule has 16 heavy (non-hydrogen) atoms. The molecule has 0 bridgehead atoms. The summed E-state index contributed by atoms with van der Waals surface area (Å²) >= 11 is 4.89. The van der Waals surface area contributed by atoms with E-state index in [0.29, 0.717) is 6.42 Å². The Balaban J connectivity index is 2.18. The van der Waals surface area contributed by atoms with Gasteiger partial charge < -0.3 is 5.11 Å². The van der Waals surface area contributed by atoms with Crippen molar-refractivity contribution in [3.8, 4) is 0 Å². The minimum Gasteiger partial charge on any atom is -0.386 e. The number of hydrogen-bond acceptors (Lipinski definition) is 3. The van der Waals surface area contributed by atoms with Crippen LogP contribution in [0.2, 0.25) is 0 Å². The third-order valence-electron chi connectivity index (χ3n) is 2.17. The van der Waals surface area contributed by atoms with Gasteiger partial charge in [-0.3, -0.25) is 4.98 Å². The van der Waals surface area contributed by atoms with Crippen LogP contribution in [-0.2, 0) is 6.42 Å². The minimum absolute atomic E-state index is 0.0998. The summed E-state index contributed by atoms with van der Waals surface area (Å²) in [4.78, 5) is 4.84. The molecule has 0 aromatic carbocycles. The number of hydrogen-bond donors (Lipinski definition) is 1. The Bertz CT molecular complexity index is 488. The summed E-state index contributed by atoms with van der Waals surface area (Å²) in [5, 5.41) is 11.8. The lowest BCUT2D eigenvalue weighted by atomic mass is 10.1. The van der Waals surface area contributed by atoms with Crippen LogP contribution in [0, 0.1) is 5.82 Å². The monoisotopic (exact) mass is 301 g/mol. The van der Waals surface area contributed by atoms with Crippen LogP contribution < -0.4 is 0 Å². The van der Waals surface area contributed by atoms with E-state index in [9.17, 15) is 9.50 Å². The van der Waals surface area contributed by atoms with Crippen LogP contribution in [0.5, 0.6) is 0 Å². The molecule has 1 N–H and O–H groups in total. The molecule has 2 aromatic heterocycles. The van der Waals surface area contributed by atoms with Gasteiger partial charge in [0.15, 0.2) is 0 Å². The quantitative estimate of drug-likeness (QED) is 0.943. The third kappa shape index (κ3) is 2.48. The van der Waals surface area contributed by atoms with Crippen molar-refractivity contribution in [3.63, 3.8) is 0 Å². The van der Waals surface area contributed by atoms with E-state index >= 15 is 0 Å². The molecule has 0 aliphatic heterocycles. The zero-order chi connectivity index (χ0) is 11.5. The van der Waals surface area contributed by atoms with Crippen LogP contribution in [-0.4, -0.2) is 10.1 Å². The normalized spacial score (nSPS) is 12.7. The average molecular weight is 302 g/mol. The van der Waals surface area contributed by atoms with Gasteiger partial charge in [0.1, 0.15) is 17.6 Å². The summed E-state index contributed by atoms with van der Waals surface area (Å²) < 4.78 is 14.3. The molecule has 84 valence electrons. The van der Waals surface area contributed by atoms with E-state index in [2.05, 4.69) is 20.9 Å². The fourth-order valence-corrected chi connectivity index (χ4v) is 2.94. The zero-order valence-electron chi connectivity index (χ0n) is 8.23. The Morgan fingerprint density at radius 3 is 2.94 bits per heavy atom. The maximum absolute atomic E-state index is 13.3. The Kier molecular flexibility index (Phi) is 3.68. The fraction of sp³-hybridized carbons (Fsp3) is 0.182. The van der Waals surface area contributed by atoms with Crippen molar-refractivity contribution < 1.29 is 9.50 Å². The first-order valence-electron chi connectivity index (χ1n) is 4.69. The van der Waals surface area contributed by atoms with E-state index in [4.69, 9.17) is 0 Å². The summed E-state index contributed by atoms with van der Waals surface area (Å²) in [7, 11) is 0. The highest BCUT2D eigenvalue weighted by Crippen LogP contribution is 2.28. The van der Waals surface area contributed by atoms with Crippen molar-refractivity contribution in [2.24, 2.45) is 0 Å². The Labute approximate surface area is 105 Å². The third-order valence-corrected chi connectivity index (χ3v) is 4.12. The largest absolute Gasteiger partial charge is 0.386 e. The number of thiophene rings is 1. The summed E-state index contributed by atoms with van der Waals surface area (Å²) in [6.07, 6.45) is 0.938. The van der Waals surface area contributed by atoms with Gasteiger partial charge in [-0.1, -0.05) is 0 Å². The second kappa shape index (κ2) is 5.03. The van der Waals surface area contributed by atoms with E-state index < -0.39 is 11.9 Å². The van der Waals surface area contributed by atoms with Gasteiger partial charge >= 0.3 is 0 Å². The molecule has 0 saturated carbocycles. The molecular formula is C11H9BrFNOS. The van der Waals surface area contributed by atoms with Crippen LogP contribution in [0.3, 0.4) is 0 Å². The molecule has 0 spiro atoms. The molecular weight excluding hydrogens is 293 g/mol. The van der Waals surface area contributed by atoms with Crippen molar-refractivity contribution in [1.29, 1.82) is 0 Å². The van der Waals surface area contributed by atoms with Gasteiger partial charge in [0.05, 0.1) is 0 Å². The SMILES string of the molecule is OC(Cc1sccc1Br)c1ncccc1F. The Morgan fingerprint density at radius 1 is 1.50 bits per heavy atom. The number of aromatic nitrogens is 1. The standard InChI is InChI=1S/C11H9BrFNOS/c12-7-3-5-16-10(7)6-9(15)11-8(13)2-1-4-14-11/h1-5,9,15H,6H2. The molecule has 1 unspecified atom stereocenters. The second-order valence-electron chi connectivity index (χ2n) is 3.28. The molecule has 2 nitrogen and oxygen atoms in total. The number of pyridine rings is 1. The number of aliphatic hydroxyl groups is 1. The minimum atomic E-state index is -0.906. The molecule has 2 rings (SSSR count). The van der Waals surface area contributed by atoms with Crippen LogP contribution >= 0.6 is 27.3 Å². The summed E-state index contributed by atoms with van der Waals surface area (Å²) in [6, 6.07) is 4.71. The molecule has 0 aliphatic carbocycles. The zero-order valence-corrected chi connectivity index (χ0v) is 10.6. The number of halogens is 2. The first-order valence-corrected chi connectivity index (χ1v) is 6.36. The molecule has 5 heteroatoms. The van der Waals surface area contributed by atoms with Crippen LogP contribution in [0.25, 0.3) is 0 Å². The maximum Gasteiger partial charge on any atom is 0.147 e. The van der Waals surface area contributed by atoms with Gasteiger partial charge in [-0.25, -0.2) is 4.39 Å². The topological polar surface area (TPSA) is 33.1 Å². The lowest BCUT2D eigenvalue weighted by molar-refractivity contribution is 0.169. The van der Waals surface area contributed by atoms with E-state index in [-0.39, 0.29) is 5.69 Å². The van der Waals surface area contributed by atoms with Gasteiger partial charge in [0.25, 0.3) is 0 Å². The number of rotatable bonds is 3. The van der Waals surface area contributed by atoms with E-state index in [0.717, 1.165) is 9.35 Å². The summed E-state index contributed by atoms with van der Waals surface area (Å²) in [6.45, 7) is 0. The van der Waals surface area contributed by atoms with Gasteiger partial charge in [-0.2, -0.15) is 0 Å². The lowest BCUT2D eigenvalue weighted by Gasteiger charge is -2.09. The molecule has 2 heterocycles. The van der Waals surface area contributed by atoms with Gasteiger partial charge in [0, 0.05) is 22.0 Å². The molecule has 0 radical (unpaired) electrons. The average Bonchev–Trinajstić information content (AvgIpc) is 2.65. The van der Waals surface area contributed by atoms with Crippen LogP contribution in [0.1, 0.15) is 16.7 Å². The molecule has 0 fully saturated rings. The lowest BCUT2D eigenvalue weighted by Crippen LogP contribution is -2.06. The van der Waals surface area contributed by atoms with Gasteiger partial charge in [-0.05, 0) is 39.5 Å². The van der Waals surface area contributed by atoms with Gasteiger partial charge in [0.2, 0.25) is 0 Å². The fourth-order valence-electron chi connectivity index (χ4n) is 1.39. The molecule has 0 amide bonds. The predicted molar refractivity (Wildman–Crippen MR) is 64.9 cm³/mol. The van der Waals surface area contributed by atoms with E-state index in [1.54, 1.807) is 0 Å². The van der Waals surface area contributed by atoms with Crippen molar-refractivity contribution >= 4 is 27.3 Å². The molecule has 0 aliphatic rings. The van der Waals surface area contributed by atoms with Crippen molar-refractivity contribution in [3.05, 3.63) is 50.6 Å². The van der Waals surface area contributed by atoms with Crippen molar-refractivity contribution in [2.75, 3.05) is 0 Å². The first kappa shape index (κ1) is 11.7. The van der Waals surface area contributed by atoms with Crippen LogP contribution in [0.4, 0.5) is 4.39 Å². The second-order valence-corrected chi connectivity index (χ2v) is 5.14. The highest BCUT2D eigenvalue weighted by Gasteiger charge is 2.16. The molecule has 0 saturated heterocycles. The maximum atomic E-state index is 13.3. The summed E-state index contributed by atoms with van der Waals surface area (Å²) in [5.74, 6) is -0.470. The van der Waals surface area contributed by atoms with Crippen molar-refractivity contribution in [1.82, 2.24) is 4.98 Å². The first-order chi connectivity index (χ1) is 7.68. The highest BCUT2D eigenvalue weighted by atomic mass is 79.9. The highest BCUT2D eigenvalue weighted by molar-refractivity contribution is 9.10.